The van der Waals surface area contributed by atoms with Gasteiger partial charge in [-0.2, -0.15) is 0 Å². The molecule has 8 heteroatoms. The zero-order chi connectivity index (χ0) is 19.8. The number of esters is 1. The van der Waals surface area contributed by atoms with Gasteiger partial charge in [-0.25, -0.2) is 4.79 Å². The van der Waals surface area contributed by atoms with Gasteiger partial charge in [0.2, 0.25) is 5.91 Å². The number of rotatable bonds is 7. The molecule has 0 heterocycles. The number of carbonyl (C=O) groups is 3. The van der Waals surface area contributed by atoms with Crippen molar-refractivity contribution in [3.05, 3.63) is 58.6 Å². The summed E-state index contributed by atoms with van der Waals surface area (Å²) in [5.41, 5.74) is 0.848. The third kappa shape index (κ3) is 5.72. The summed E-state index contributed by atoms with van der Waals surface area (Å²) in [7, 11) is 2.81. The third-order valence-electron chi connectivity index (χ3n) is 3.49. The maximum Gasteiger partial charge on any atom is 0.338 e. The molecule has 0 saturated carbocycles. The van der Waals surface area contributed by atoms with E-state index in [-0.39, 0.29) is 28.5 Å². The molecule has 0 spiro atoms. The summed E-state index contributed by atoms with van der Waals surface area (Å²) in [5.74, 6) is -1.48. The zero-order valence-electron chi connectivity index (χ0n) is 14.8. The van der Waals surface area contributed by atoms with Crippen LogP contribution in [0.3, 0.4) is 0 Å². The largest absolute Gasteiger partial charge is 0.493 e. The molecule has 0 fully saturated rings. The minimum atomic E-state index is -0.788. The molecule has 27 heavy (non-hydrogen) atoms. The molecule has 0 bridgehead atoms. The monoisotopic (exact) mass is 391 g/mol. The molecular formula is C19H18ClNO6. The number of halogens is 1. The van der Waals surface area contributed by atoms with Crippen molar-refractivity contribution in [1.82, 2.24) is 5.32 Å². The Labute approximate surface area is 161 Å². The van der Waals surface area contributed by atoms with Crippen molar-refractivity contribution >= 4 is 29.4 Å². The summed E-state index contributed by atoms with van der Waals surface area (Å²) in [6.45, 7) is -0.606. The molecule has 1 N–H and O–H groups in total. The second kappa shape index (κ2) is 9.59. The van der Waals surface area contributed by atoms with Gasteiger partial charge in [-0.1, -0.05) is 41.9 Å². The fourth-order valence-corrected chi connectivity index (χ4v) is 2.56. The van der Waals surface area contributed by atoms with E-state index in [2.05, 4.69) is 5.32 Å². The van der Waals surface area contributed by atoms with Crippen LogP contribution in [0.25, 0.3) is 0 Å². The lowest BCUT2D eigenvalue weighted by atomic mass is 10.1. The van der Waals surface area contributed by atoms with E-state index >= 15 is 0 Å². The maximum atomic E-state index is 12.1. The van der Waals surface area contributed by atoms with Crippen LogP contribution in [0, 0.1) is 0 Å². The Morgan fingerprint density at radius 3 is 2.33 bits per heavy atom. The van der Waals surface area contributed by atoms with Crippen molar-refractivity contribution in [3.8, 4) is 11.5 Å². The highest BCUT2D eigenvalue weighted by Gasteiger charge is 2.18. The quantitative estimate of drug-likeness (QED) is 0.729. The number of amides is 2. The molecule has 7 nitrogen and oxygen atoms in total. The highest BCUT2D eigenvalue weighted by atomic mass is 35.5. The Kier molecular flexibility index (Phi) is 7.19. The molecule has 2 aromatic carbocycles. The van der Waals surface area contributed by atoms with E-state index < -0.39 is 24.4 Å². The minimum Gasteiger partial charge on any atom is -0.493 e. The van der Waals surface area contributed by atoms with Gasteiger partial charge < -0.3 is 14.2 Å². The summed E-state index contributed by atoms with van der Waals surface area (Å²) in [6.07, 6.45) is 0.0474. The number of hydrogen-bond donors (Lipinski definition) is 1. The molecule has 0 aliphatic heterocycles. The fraction of sp³-hybridized carbons (Fsp3) is 0.211. The number of benzene rings is 2. The Hall–Kier alpha value is -3.06. The van der Waals surface area contributed by atoms with Gasteiger partial charge in [-0.05, 0) is 17.7 Å². The minimum absolute atomic E-state index is 0.0474. The number of carbonyl (C=O) groups excluding carboxylic acids is 3. The second-order valence-corrected chi connectivity index (χ2v) is 5.81. The lowest BCUT2D eigenvalue weighted by molar-refractivity contribution is -0.132. The summed E-state index contributed by atoms with van der Waals surface area (Å²) in [4.78, 5) is 35.7. The molecular weight excluding hydrogens is 374 g/mol. The normalized spacial score (nSPS) is 10.0. The predicted molar refractivity (Wildman–Crippen MR) is 98.1 cm³/mol. The van der Waals surface area contributed by atoms with Gasteiger partial charge >= 0.3 is 5.97 Å². The SMILES string of the molecule is COc1cc(C(=O)OCC(=O)NC(=O)Cc2ccccc2)cc(Cl)c1OC. The topological polar surface area (TPSA) is 90.9 Å². The van der Waals surface area contributed by atoms with E-state index in [4.69, 9.17) is 25.8 Å². The van der Waals surface area contributed by atoms with Crippen molar-refractivity contribution in [2.75, 3.05) is 20.8 Å². The first kappa shape index (κ1) is 20.3. The number of nitrogens with one attached hydrogen (secondary N) is 1. The van der Waals surface area contributed by atoms with Crippen LogP contribution in [0.4, 0.5) is 0 Å². The highest BCUT2D eigenvalue weighted by molar-refractivity contribution is 6.32. The van der Waals surface area contributed by atoms with E-state index in [0.29, 0.717) is 0 Å². The van der Waals surface area contributed by atoms with E-state index in [9.17, 15) is 14.4 Å². The molecule has 142 valence electrons. The summed E-state index contributed by atoms with van der Waals surface area (Å²) in [5, 5.41) is 2.32. The van der Waals surface area contributed by atoms with E-state index in [1.807, 2.05) is 6.07 Å². The molecule has 0 aromatic heterocycles. The highest BCUT2D eigenvalue weighted by Crippen LogP contribution is 2.36. The van der Waals surface area contributed by atoms with E-state index in [1.54, 1.807) is 24.3 Å². The lowest BCUT2D eigenvalue weighted by Gasteiger charge is -2.11. The van der Waals surface area contributed by atoms with Crippen LogP contribution in [-0.2, 0) is 20.7 Å². The van der Waals surface area contributed by atoms with Crippen LogP contribution in [0.1, 0.15) is 15.9 Å². The molecule has 2 rings (SSSR count). The first-order chi connectivity index (χ1) is 12.9. The lowest BCUT2D eigenvalue weighted by Crippen LogP contribution is -2.35. The number of imide groups is 1. The van der Waals surface area contributed by atoms with Gasteiger partial charge in [-0.15, -0.1) is 0 Å². The maximum absolute atomic E-state index is 12.1. The van der Waals surface area contributed by atoms with Crippen LogP contribution < -0.4 is 14.8 Å². The van der Waals surface area contributed by atoms with Crippen molar-refractivity contribution in [1.29, 1.82) is 0 Å². The zero-order valence-corrected chi connectivity index (χ0v) is 15.5. The van der Waals surface area contributed by atoms with E-state index in [0.717, 1.165) is 5.56 Å². The predicted octanol–water partition coefficient (Wildman–Crippen LogP) is 2.40. The van der Waals surface area contributed by atoms with Gasteiger partial charge in [0.25, 0.3) is 5.91 Å². The van der Waals surface area contributed by atoms with Gasteiger partial charge in [0.15, 0.2) is 18.1 Å². The third-order valence-corrected chi connectivity index (χ3v) is 3.77. The van der Waals surface area contributed by atoms with Crippen LogP contribution in [0.5, 0.6) is 11.5 Å². The van der Waals surface area contributed by atoms with Gasteiger partial charge in [-0.3, -0.25) is 14.9 Å². The fourth-order valence-electron chi connectivity index (χ4n) is 2.27. The summed E-state index contributed by atoms with van der Waals surface area (Å²) in [6, 6.07) is 11.7. The van der Waals surface area contributed by atoms with Gasteiger partial charge in [0, 0.05) is 0 Å². The van der Waals surface area contributed by atoms with Crippen LogP contribution in [0.15, 0.2) is 42.5 Å². The first-order valence-electron chi connectivity index (χ1n) is 7.89. The van der Waals surface area contributed by atoms with Crippen LogP contribution in [-0.4, -0.2) is 38.6 Å². The Balaban J connectivity index is 1.90. The van der Waals surface area contributed by atoms with Crippen molar-refractivity contribution < 1.29 is 28.6 Å². The van der Waals surface area contributed by atoms with Gasteiger partial charge in [0.05, 0.1) is 31.2 Å². The van der Waals surface area contributed by atoms with E-state index in [1.165, 1.54) is 26.4 Å². The molecule has 2 aromatic rings. The number of hydrogen-bond acceptors (Lipinski definition) is 6. The first-order valence-corrected chi connectivity index (χ1v) is 8.27. The molecule has 2 amide bonds. The second-order valence-electron chi connectivity index (χ2n) is 5.40. The standard InChI is InChI=1S/C19H18ClNO6/c1-25-15-10-13(9-14(20)18(15)26-2)19(24)27-11-17(23)21-16(22)8-12-6-4-3-5-7-12/h3-7,9-10H,8,11H2,1-2H3,(H,21,22,23). The van der Waals surface area contributed by atoms with Crippen LogP contribution >= 0.6 is 11.6 Å². The Bertz CT molecular complexity index is 838. The number of ether oxygens (including phenoxy) is 3. The molecule has 0 radical (unpaired) electrons. The van der Waals surface area contributed by atoms with Crippen molar-refractivity contribution in [2.24, 2.45) is 0 Å². The number of methoxy groups -OCH3 is 2. The molecule has 0 aliphatic rings. The molecule has 0 saturated heterocycles. The molecule has 0 atom stereocenters. The average molecular weight is 392 g/mol. The summed E-state index contributed by atoms with van der Waals surface area (Å²) >= 11 is 6.03. The molecule has 0 unspecified atom stereocenters. The van der Waals surface area contributed by atoms with Gasteiger partial charge in [0.1, 0.15) is 0 Å². The molecule has 0 aliphatic carbocycles. The van der Waals surface area contributed by atoms with Crippen LogP contribution in [0.2, 0.25) is 5.02 Å². The summed E-state index contributed by atoms with van der Waals surface area (Å²) < 4.78 is 15.1. The average Bonchev–Trinajstić information content (AvgIpc) is 2.66. The Morgan fingerprint density at radius 2 is 1.70 bits per heavy atom. The van der Waals surface area contributed by atoms with Crippen molar-refractivity contribution in [3.63, 3.8) is 0 Å². The van der Waals surface area contributed by atoms with Crippen molar-refractivity contribution in [2.45, 2.75) is 6.42 Å². The smallest absolute Gasteiger partial charge is 0.338 e. The Morgan fingerprint density at radius 1 is 1.00 bits per heavy atom.